The number of carbonyl (C=O) groups is 2. The zero-order chi connectivity index (χ0) is 17.4. The van der Waals surface area contributed by atoms with Crippen molar-refractivity contribution in [2.24, 2.45) is 5.92 Å². The van der Waals surface area contributed by atoms with Crippen LogP contribution in [0.15, 0.2) is 18.2 Å². The standard InChI is InChI=1S/C18H28N2O3/c1-6-23-18(22)20-15(9-12(2)3)11-19-17(21)16-10-13(4)7-8-14(16)5/h7-8,10,12,15H,6,9,11H2,1-5H3,(H,19,21)(H,20,22). The highest BCUT2D eigenvalue weighted by molar-refractivity contribution is 5.95. The average Bonchev–Trinajstić information content (AvgIpc) is 2.46. The largest absolute Gasteiger partial charge is 0.450 e. The van der Waals surface area contributed by atoms with Crippen molar-refractivity contribution in [2.75, 3.05) is 13.2 Å². The molecule has 0 saturated heterocycles. The highest BCUT2D eigenvalue weighted by Gasteiger charge is 2.17. The van der Waals surface area contributed by atoms with Gasteiger partial charge in [-0.15, -0.1) is 0 Å². The van der Waals surface area contributed by atoms with Crippen LogP contribution in [-0.2, 0) is 4.74 Å². The van der Waals surface area contributed by atoms with E-state index in [1.165, 1.54) is 0 Å². The Morgan fingerprint density at radius 1 is 1.22 bits per heavy atom. The van der Waals surface area contributed by atoms with Crippen LogP contribution in [0.2, 0.25) is 0 Å². The molecule has 0 aliphatic heterocycles. The molecule has 0 aliphatic carbocycles. The summed E-state index contributed by atoms with van der Waals surface area (Å²) in [6, 6.07) is 5.65. The fourth-order valence-corrected chi connectivity index (χ4v) is 2.39. The van der Waals surface area contributed by atoms with E-state index in [4.69, 9.17) is 4.74 Å². The first-order valence-corrected chi connectivity index (χ1v) is 8.12. The second-order valence-electron chi connectivity index (χ2n) is 6.22. The second-order valence-corrected chi connectivity index (χ2v) is 6.22. The second kappa shape index (κ2) is 9.18. The molecule has 0 bridgehead atoms. The summed E-state index contributed by atoms with van der Waals surface area (Å²) in [5.74, 6) is 0.283. The van der Waals surface area contributed by atoms with Crippen molar-refractivity contribution in [3.8, 4) is 0 Å². The topological polar surface area (TPSA) is 67.4 Å². The quantitative estimate of drug-likeness (QED) is 0.811. The van der Waals surface area contributed by atoms with Crippen LogP contribution in [-0.4, -0.2) is 31.2 Å². The third-order valence-electron chi connectivity index (χ3n) is 3.50. The maximum atomic E-state index is 12.4. The van der Waals surface area contributed by atoms with Crippen LogP contribution in [0.3, 0.4) is 0 Å². The molecule has 0 saturated carbocycles. The summed E-state index contributed by atoms with van der Waals surface area (Å²) in [7, 11) is 0. The molecule has 0 aliphatic rings. The van der Waals surface area contributed by atoms with Crippen molar-refractivity contribution in [3.05, 3.63) is 34.9 Å². The molecule has 2 amide bonds. The van der Waals surface area contributed by atoms with Gasteiger partial charge in [0.1, 0.15) is 0 Å². The van der Waals surface area contributed by atoms with Crippen molar-refractivity contribution in [1.29, 1.82) is 0 Å². The number of hydrogen-bond donors (Lipinski definition) is 2. The number of nitrogens with one attached hydrogen (secondary N) is 2. The van der Waals surface area contributed by atoms with E-state index < -0.39 is 6.09 Å². The van der Waals surface area contributed by atoms with Gasteiger partial charge in [0.15, 0.2) is 0 Å². The summed E-state index contributed by atoms with van der Waals surface area (Å²) >= 11 is 0. The number of benzene rings is 1. The van der Waals surface area contributed by atoms with Crippen LogP contribution in [0.5, 0.6) is 0 Å². The molecule has 1 atom stereocenters. The average molecular weight is 320 g/mol. The van der Waals surface area contributed by atoms with E-state index >= 15 is 0 Å². The molecule has 2 N–H and O–H groups in total. The first kappa shape index (κ1) is 19.0. The summed E-state index contributed by atoms with van der Waals surface area (Å²) in [5, 5.41) is 5.72. The van der Waals surface area contributed by atoms with Gasteiger partial charge in [0.2, 0.25) is 0 Å². The molecule has 23 heavy (non-hydrogen) atoms. The van der Waals surface area contributed by atoms with Crippen molar-refractivity contribution >= 4 is 12.0 Å². The van der Waals surface area contributed by atoms with E-state index in [1.54, 1.807) is 6.92 Å². The highest BCUT2D eigenvalue weighted by atomic mass is 16.5. The highest BCUT2D eigenvalue weighted by Crippen LogP contribution is 2.11. The predicted octanol–water partition coefficient (Wildman–Crippen LogP) is 3.19. The summed E-state index contributed by atoms with van der Waals surface area (Å²) in [5.41, 5.74) is 2.65. The van der Waals surface area contributed by atoms with E-state index in [0.29, 0.717) is 24.6 Å². The minimum Gasteiger partial charge on any atom is -0.450 e. The molecule has 0 spiro atoms. The SMILES string of the molecule is CCOC(=O)NC(CNC(=O)c1cc(C)ccc1C)CC(C)C. The first-order chi connectivity index (χ1) is 10.8. The van der Waals surface area contributed by atoms with E-state index in [-0.39, 0.29) is 11.9 Å². The molecule has 1 unspecified atom stereocenters. The Morgan fingerprint density at radius 3 is 2.52 bits per heavy atom. The van der Waals surface area contributed by atoms with Gasteiger partial charge in [0.05, 0.1) is 6.61 Å². The number of rotatable bonds is 7. The maximum Gasteiger partial charge on any atom is 0.407 e. The predicted molar refractivity (Wildman–Crippen MR) is 91.6 cm³/mol. The molecule has 1 aromatic rings. The molecule has 5 nitrogen and oxygen atoms in total. The van der Waals surface area contributed by atoms with E-state index in [9.17, 15) is 9.59 Å². The lowest BCUT2D eigenvalue weighted by Crippen LogP contribution is -2.44. The molecular weight excluding hydrogens is 292 g/mol. The van der Waals surface area contributed by atoms with E-state index in [0.717, 1.165) is 17.5 Å². The van der Waals surface area contributed by atoms with Crippen LogP contribution >= 0.6 is 0 Å². The van der Waals surface area contributed by atoms with Crippen molar-refractivity contribution in [3.63, 3.8) is 0 Å². The summed E-state index contributed by atoms with van der Waals surface area (Å²) < 4.78 is 4.92. The Hall–Kier alpha value is -2.04. The number of carbonyl (C=O) groups excluding carboxylic acids is 2. The Kier molecular flexibility index (Phi) is 7.59. The van der Waals surface area contributed by atoms with Gasteiger partial charge in [0, 0.05) is 18.2 Å². The monoisotopic (exact) mass is 320 g/mol. The normalized spacial score (nSPS) is 11.9. The lowest BCUT2D eigenvalue weighted by Gasteiger charge is -2.21. The van der Waals surface area contributed by atoms with Crippen LogP contribution in [0.1, 0.15) is 48.7 Å². The van der Waals surface area contributed by atoms with Gasteiger partial charge in [-0.3, -0.25) is 4.79 Å². The number of hydrogen-bond acceptors (Lipinski definition) is 3. The maximum absolute atomic E-state index is 12.4. The molecule has 0 fully saturated rings. The Balaban J connectivity index is 2.67. The molecule has 128 valence electrons. The van der Waals surface area contributed by atoms with Crippen LogP contribution < -0.4 is 10.6 Å². The molecule has 1 rings (SSSR count). The van der Waals surface area contributed by atoms with Crippen LogP contribution in [0, 0.1) is 19.8 Å². The van der Waals surface area contributed by atoms with Crippen molar-refractivity contribution < 1.29 is 14.3 Å². The summed E-state index contributed by atoms with van der Waals surface area (Å²) in [4.78, 5) is 24.0. The van der Waals surface area contributed by atoms with Gasteiger partial charge in [-0.05, 0) is 44.7 Å². The van der Waals surface area contributed by atoms with Crippen molar-refractivity contribution in [1.82, 2.24) is 10.6 Å². The van der Waals surface area contributed by atoms with Gasteiger partial charge in [-0.2, -0.15) is 0 Å². The van der Waals surface area contributed by atoms with Crippen molar-refractivity contribution in [2.45, 2.75) is 47.1 Å². The van der Waals surface area contributed by atoms with E-state index in [1.807, 2.05) is 32.0 Å². The molecular formula is C18H28N2O3. The zero-order valence-electron chi connectivity index (χ0n) is 14.7. The number of aryl methyl sites for hydroxylation is 2. The van der Waals surface area contributed by atoms with Crippen LogP contribution in [0.4, 0.5) is 4.79 Å². The molecule has 5 heteroatoms. The fourth-order valence-electron chi connectivity index (χ4n) is 2.39. The zero-order valence-corrected chi connectivity index (χ0v) is 14.7. The third kappa shape index (κ3) is 6.72. The Morgan fingerprint density at radius 2 is 1.91 bits per heavy atom. The lowest BCUT2D eigenvalue weighted by molar-refractivity contribution is 0.0944. The van der Waals surface area contributed by atoms with Gasteiger partial charge in [0.25, 0.3) is 5.91 Å². The smallest absolute Gasteiger partial charge is 0.407 e. The van der Waals surface area contributed by atoms with Gasteiger partial charge >= 0.3 is 6.09 Å². The minimum atomic E-state index is -0.445. The number of alkyl carbamates (subject to hydrolysis) is 1. The molecule has 0 radical (unpaired) electrons. The molecule has 0 heterocycles. The lowest BCUT2D eigenvalue weighted by atomic mass is 10.0. The fraction of sp³-hybridized carbons (Fsp3) is 0.556. The molecule has 1 aromatic carbocycles. The summed E-state index contributed by atoms with van der Waals surface area (Å²) in [6.45, 7) is 10.5. The molecule has 0 aromatic heterocycles. The third-order valence-corrected chi connectivity index (χ3v) is 3.50. The van der Waals surface area contributed by atoms with Gasteiger partial charge in [-0.1, -0.05) is 31.5 Å². The number of ether oxygens (including phenoxy) is 1. The van der Waals surface area contributed by atoms with Gasteiger partial charge < -0.3 is 15.4 Å². The summed E-state index contributed by atoms with van der Waals surface area (Å²) in [6.07, 6.45) is 0.324. The first-order valence-electron chi connectivity index (χ1n) is 8.12. The van der Waals surface area contributed by atoms with Crippen LogP contribution in [0.25, 0.3) is 0 Å². The Bertz CT molecular complexity index is 541. The van der Waals surface area contributed by atoms with Gasteiger partial charge in [-0.25, -0.2) is 4.79 Å². The Labute approximate surface area is 138 Å². The minimum absolute atomic E-state index is 0.120. The van der Waals surface area contributed by atoms with E-state index in [2.05, 4.69) is 24.5 Å². The number of amides is 2.